The van der Waals surface area contributed by atoms with E-state index in [2.05, 4.69) is 26.8 Å². The number of thiazole rings is 1. The van der Waals surface area contributed by atoms with Gasteiger partial charge in [-0.1, -0.05) is 52.9 Å². The molecule has 0 atom stereocenters. The zero-order valence-corrected chi connectivity index (χ0v) is 19.2. The predicted molar refractivity (Wildman–Crippen MR) is 129 cm³/mol. The lowest BCUT2D eigenvalue weighted by Gasteiger charge is -2.25. The molecule has 1 fully saturated rings. The molecule has 0 saturated carbocycles. The van der Waals surface area contributed by atoms with Gasteiger partial charge in [-0.25, -0.2) is 4.98 Å². The Labute approximate surface area is 193 Å². The van der Waals surface area contributed by atoms with E-state index in [0.717, 1.165) is 31.1 Å². The van der Waals surface area contributed by atoms with Crippen molar-refractivity contribution >= 4 is 61.8 Å². The second-order valence-electron chi connectivity index (χ2n) is 7.11. The molecule has 162 valence electrons. The average molecular weight is 476 g/mol. The van der Waals surface area contributed by atoms with Crippen molar-refractivity contribution in [3.8, 4) is 0 Å². The van der Waals surface area contributed by atoms with Crippen molar-refractivity contribution in [2.24, 2.45) is 0 Å². The molecule has 0 radical (unpaired) electrons. The van der Waals surface area contributed by atoms with Gasteiger partial charge in [-0.05, 0) is 31.4 Å². The Balaban J connectivity index is 1.57. The van der Waals surface area contributed by atoms with Crippen LogP contribution in [0.2, 0.25) is 5.02 Å². The summed E-state index contributed by atoms with van der Waals surface area (Å²) >= 11 is 8.69. The van der Waals surface area contributed by atoms with Crippen LogP contribution in [0.5, 0.6) is 0 Å². The summed E-state index contributed by atoms with van der Waals surface area (Å²) in [5.41, 5.74) is 0.830. The fraction of sp³-hybridized carbons (Fsp3) is 0.333. The fourth-order valence-corrected chi connectivity index (χ4v) is 5.36. The summed E-state index contributed by atoms with van der Waals surface area (Å²) in [7, 11) is 0. The zero-order valence-electron chi connectivity index (χ0n) is 16.8. The number of thioether (sulfide) groups is 1. The predicted octanol–water partition coefficient (Wildman–Crippen LogP) is 4.41. The van der Waals surface area contributed by atoms with Crippen LogP contribution in [0, 0.1) is 0 Å². The van der Waals surface area contributed by atoms with E-state index in [1.807, 2.05) is 0 Å². The lowest BCUT2D eigenvalue weighted by molar-refractivity contribution is -0.113. The third kappa shape index (κ3) is 4.94. The number of aromatic nitrogens is 3. The van der Waals surface area contributed by atoms with E-state index in [-0.39, 0.29) is 17.2 Å². The van der Waals surface area contributed by atoms with Crippen LogP contribution in [-0.4, -0.2) is 39.3 Å². The van der Waals surface area contributed by atoms with Crippen LogP contribution in [0.4, 0.5) is 10.8 Å². The number of piperidine rings is 1. The van der Waals surface area contributed by atoms with Crippen LogP contribution >= 0.6 is 34.7 Å². The number of nitrogens with zero attached hydrogens (tertiary/aromatic N) is 4. The first-order chi connectivity index (χ1) is 15.1. The Hall–Kier alpha value is -2.36. The number of fused-ring (bicyclic) bond motifs is 1. The van der Waals surface area contributed by atoms with Gasteiger partial charge in [0, 0.05) is 19.6 Å². The normalized spacial score (nSPS) is 14.0. The number of amides is 1. The van der Waals surface area contributed by atoms with E-state index >= 15 is 0 Å². The summed E-state index contributed by atoms with van der Waals surface area (Å²) in [6.07, 6.45) is 5.13. The Morgan fingerprint density at radius 2 is 2.03 bits per heavy atom. The van der Waals surface area contributed by atoms with E-state index in [4.69, 9.17) is 11.6 Å². The smallest absolute Gasteiger partial charge is 0.274 e. The molecule has 1 saturated heterocycles. The summed E-state index contributed by atoms with van der Waals surface area (Å²) in [6.45, 7) is 5.96. The highest BCUT2D eigenvalue weighted by atomic mass is 35.5. The van der Waals surface area contributed by atoms with Crippen molar-refractivity contribution in [3.63, 3.8) is 0 Å². The quantitative estimate of drug-likeness (QED) is 0.309. The lowest BCUT2D eigenvalue weighted by atomic mass is 10.1. The van der Waals surface area contributed by atoms with Crippen molar-refractivity contribution in [1.82, 2.24) is 14.5 Å². The first kappa shape index (κ1) is 21.9. The number of rotatable bonds is 7. The molecule has 7 nitrogen and oxygen atoms in total. The van der Waals surface area contributed by atoms with Gasteiger partial charge in [-0.2, -0.15) is 4.98 Å². The van der Waals surface area contributed by atoms with Crippen LogP contribution in [0.25, 0.3) is 10.3 Å². The number of nitrogens with one attached hydrogen (secondary N) is 1. The summed E-state index contributed by atoms with van der Waals surface area (Å²) in [6, 6.07) is 7.05. The van der Waals surface area contributed by atoms with Gasteiger partial charge in [-0.3, -0.25) is 14.2 Å². The minimum absolute atomic E-state index is 0.0867. The third-order valence-electron chi connectivity index (χ3n) is 4.89. The lowest BCUT2D eigenvalue weighted by Crippen LogP contribution is -2.29. The SMILES string of the molecule is C=CCn1c(SCC(=O)Nc2ccccc2Cl)nc2nc(N3CCCCC3)sc2c1=O. The maximum Gasteiger partial charge on any atom is 0.274 e. The molecule has 4 rings (SSSR count). The molecular weight excluding hydrogens is 454 g/mol. The van der Waals surface area contributed by atoms with Crippen molar-refractivity contribution in [1.29, 1.82) is 0 Å². The molecule has 1 aromatic carbocycles. The van der Waals surface area contributed by atoms with Gasteiger partial charge in [-0.15, -0.1) is 6.58 Å². The summed E-state index contributed by atoms with van der Waals surface area (Å²) in [4.78, 5) is 37.0. The number of para-hydroxylation sites is 1. The topological polar surface area (TPSA) is 80.1 Å². The van der Waals surface area contributed by atoms with Crippen molar-refractivity contribution < 1.29 is 4.79 Å². The van der Waals surface area contributed by atoms with Gasteiger partial charge < -0.3 is 10.2 Å². The van der Waals surface area contributed by atoms with Crippen LogP contribution in [0.3, 0.4) is 0 Å². The zero-order chi connectivity index (χ0) is 21.8. The average Bonchev–Trinajstić information content (AvgIpc) is 3.21. The van der Waals surface area contributed by atoms with Gasteiger partial charge in [0.05, 0.1) is 16.5 Å². The maximum atomic E-state index is 13.1. The number of carbonyl (C=O) groups excluding carboxylic acids is 1. The van der Waals surface area contributed by atoms with Crippen LogP contribution in [-0.2, 0) is 11.3 Å². The number of hydrogen-bond donors (Lipinski definition) is 1. The first-order valence-electron chi connectivity index (χ1n) is 10.0. The molecule has 1 aliphatic heterocycles. The minimum Gasteiger partial charge on any atom is -0.348 e. The molecule has 0 unspecified atom stereocenters. The largest absolute Gasteiger partial charge is 0.348 e. The van der Waals surface area contributed by atoms with Gasteiger partial charge in [0.25, 0.3) is 5.56 Å². The van der Waals surface area contributed by atoms with E-state index in [0.29, 0.717) is 32.8 Å². The van der Waals surface area contributed by atoms with E-state index in [1.54, 1.807) is 34.9 Å². The number of benzene rings is 1. The molecule has 0 bridgehead atoms. The number of allylic oxidation sites excluding steroid dienone is 1. The monoisotopic (exact) mass is 475 g/mol. The van der Waals surface area contributed by atoms with E-state index in [9.17, 15) is 9.59 Å². The standard InChI is InChI=1S/C21H22ClN5O2S2/c1-2-10-27-19(29)17-18(24-20(31-17)26-11-6-3-7-12-26)25-21(27)30-13-16(28)23-15-9-5-4-8-14(15)22/h2,4-5,8-9H,1,3,6-7,10-13H2,(H,23,28). The minimum atomic E-state index is -0.232. The number of hydrogen-bond acceptors (Lipinski definition) is 7. The number of halogens is 1. The molecule has 0 spiro atoms. The number of carbonyl (C=O) groups is 1. The van der Waals surface area contributed by atoms with E-state index < -0.39 is 0 Å². The highest BCUT2D eigenvalue weighted by Crippen LogP contribution is 2.29. The van der Waals surface area contributed by atoms with Gasteiger partial charge >= 0.3 is 0 Å². The second-order valence-corrected chi connectivity index (χ2v) is 9.44. The highest BCUT2D eigenvalue weighted by molar-refractivity contribution is 7.99. The molecule has 1 amide bonds. The Kier molecular flexibility index (Phi) is 6.94. The first-order valence-corrected chi connectivity index (χ1v) is 12.2. The molecule has 31 heavy (non-hydrogen) atoms. The number of anilines is 2. The molecule has 2 aromatic heterocycles. The molecule has 3 heterocycles. The van der Waals surface area contributed by atoms with Crippen molar-refractivity contribution in [2.75, 3.05) is 29.1 Å². The summed E-state index contributed by atoms with van der Waals surface area (Å²) in [5.74, 6) is -0.145. The summed E-state index contributed by atoms with van der Waals surface area (Å²) < 4.78 is 2.08. The van der Waals surface area contributed by atoms with Gasteiger partial charge in [0.2, 0.25) is 5.91 Å². The molecule has 0 aliphatic carbocycles. The van der Waals surface area contributed by atoms with Gasteiger partial charge in [0.15, 0.2) is 15.9 Å². The van der Waals surface area contributed by atoms with E-state index in [1.165, 1.54) is 29.5 Å². The second kappa shape index (κ2) is 9.84. The molecule has 3 aromatic rings. The Morgan fingerprint density at radius 1 is 1.26 bits per heavy atom. The highest BCUT2D eigenvalue weighted by Gasteiger charge is 2.20. The van der Waals surface area contributed by atoms with Crippen molar-refractivity contribution in [3.05, 3.63) is 52.3 Å². The van der Waals surface area contributed by atoms with Crippen LogP contribution in [0.15, 0.2) is 46.9 Å². The molecule has 1 N–H and O–H groups in total. The maximum absolute atomic E-state index is 13.1. The van der Waals surface area contributed by atoms with Crippen LogP contribution in [0.1, 0.15) is 19.3 Å². The molecule has 1 aliphatic rings. The third-order valence-corrected chi connectivity index (χ3v) is 7.29. The fourth-order valence-electron chi connectivity index (χ4n) is 3.38. The molecule has 10 heteroatoms. The molecular formula is C21H22ClN5O2S2. The van der Waals surface area contributed by atoms with Gasteiger partial charge in [0.1, 0.15) is 4.70 Å². The Bertz CT molecular complexity index is 1170. The summed E-state index contributed by atoms with van der Waals surface area (Å²) in [5, 5.41) is 4.54. The van der Waals surface area contributed by atoms with Crippen molar-refractivity contribution in [2.45, 2.75) is 31.0 Å². The van der Waals surface area contributed by atoms with Crippen LogP contribution < -0.4 is 15.8 Å². The Morgan fingerprint density at radius 3 is 2.77 bits per heavy atom.